The molecule has 2 nitrogen and oxygen atoms in total. The van der Waals surface area contributed by atoms with E-state index in [0.717, 1.165) is 21.6 Å². The number of hydrogen-bond donors (Lipinski definition) is 1. The second-order valence-corrected chi connectivity index (χ2v) is 5.98. The Bertz CT molecular complexity index is 575. The van der Waals surface area contributed by atoms with E-state index in [2.05, 4.69) is 5.32 Å². The zero-order valence-corrected chi connectivity index (χ0v) is 12.6. The van der Waals surface area contributed by atoms with Crippen LogP contribution in [0.3, 0.4) is 0 Å². The molecule has 2 aromatic carbocycles. The molecule has 0 aromatic heterocycles. The van der Waals surface area contributed by atoms with Crippen LogP contribution >= 0.6 is 35.1 Å². The molecule has 98 valence electrons. The summed E-state index contributed by atoms with van der Waals surface area (Å²) in [6.07, 6.45) is 1.73. The predicted octanol–water partition coefficient (Wildman–Crippen LogP) is 5.39. The molecule has 0 radical (unpaired) electrons. The van der Waals surface area contributed by atoms with Gasteiger partial charge in [-0.25, -0.2) is 0 Å². The molecular weight excluding hydrogens is 298 g/mol. The molecule has 2 rings (SSSR count). The molecule has 0 unspecified atom stereocenters. The van der Waals surface area contributed by atoms with Crippen LogP contribution in [0.1, 0.15) is 0 Å². The summed E-state index contributed by atoms with van der Waals surface area (Å²) in [5.74, 6) is 0. The molecule has 2 aromatic rings. The van der Waals surface area contributed by atoms with E-state index in [4.69, 9.17) is 11.6 Å². The van der Waals surface area contributed by atoms with Crippen LogP contribution < -0.4 is 5.32 Å². The lowest BCUT2D eigenvalue weighted by atomic mass is 10.3. The van der Waals surface area contributed by atoms with Crippen molar-refractivity contribution in [1.82, 2.24) is 0 Å². The number of amides is 1. The molecule has 0 saturated carbocycles. The molecule has 0 heterocycles. The van der Waals surface area contributed by atoms with Crippen molar-refractivity contribution >= 4 is 46.1 Å². The van der Waals surface area contributed by atoms with E-state index in [1.807, 2.05) is 42.5 Å². The Balaban J connectivity index is 2.13. The molecule has 0 aliphatic rings. The van der Waals surface area contributed by atoms with Crippen LogP contribution in [0.15, 0.2) is 58.3 Å². The number of carbonyl (C=O) groups is 1. The third-order valence-corrected chi connectivity index (χ3v) is 4.32. The van der Waals surface area contributed by atoms with Gasteiger partial charge in [0.1, 0.15) is 0 Å². The highest BCUT2D eigenvalue weighted by molar-refractivity contribution is 8.13. The Labute approximate surface area is 125 Å². The monoisotopic (exact) mass is 309 g/mol. The van der Waals surface area contributed by atoms with Crippen molar-refractivity contribution in [3.05, 3.63) is 53.6 Å². The number of carbonyl (C=O) groups excluding carboxylic acids is 1. The molecule has 0 aliphatic carbocycles. The second-order valence-electron chi connectivity index (χ2n) is 3.68. The van der Waals surface area contributed by atoms with E-state index >= 15 is 0 Å². The summed E-state index contributed by atoms with van der Waals surface area (Å²) in [6, 6.07) is 15.6. The minimum absolute atomic E-state index is 0.0977. The van der Waals surface area contributed by atoms with Crippen molar-refractivity contribution in [3.63, 3.8) is 0 Å². The average Bonchev–Trinajstić information content (AvgIpc) is 2.43. The SMILES string of the molecule is CSC(=O)Nc1ccc(Sc2ccccc2)c(Cl)c1. The van der Waals surface area contributed by atoms with Crippen LogP contribution in [0.4, 0.5) is 10.5 Å². The lowest BCUT2D eigenvalue weighted by Gasteiger charge is -2.07. The quantitative estimate of drug-likeness (QED) is 0.824. The molecule has 0 spiro atoms. The van der Waals surface area contributed by atoms with E-state index in [0.29, 0.717) is 10.7 Å². The highest BCUT2D eigenvalue weighted by atomic mass is 35.5. The zero-order chi connectivity index (χ0) is 13.7. The summed E-state index contributed by atoms with van der Waals surface area (Å²) in [6.45, 7) is 0. The third kappa shape index (κ3) is 4.20. The minimum Gasteiger partial charge on any atom is -0.317 e. The highest BCUT2D eigenvalue weighted by Crippen LogP contribution is 2.34. The van der Waals surface area contributed by atoms with E-state index < -0.39 is 0 Å². The Morgan fingerprint density at radius 1 is 1.16 bits per heavy atom. The average molecular weight is 310 g/mol. The normalized spacial score (nSPS) is 10.2. The number of benzene rings is 2. The van der Waals surface area contributed by atoms with Crippen LogP contribution in [0.25, 0.3) is 0 Å². The Morgan fingerprint density at radius 3 is 2.53 bits per heavy atom. The van der Waals surface area contributed by atoms with Crippen molar-refractivity contribution in [2.75, 3.05) is 11.6 Å². The van der Waals surface area contributed by atoms with Crippen LogP contribution in [-0.2, 0) is 0 Å². The van der Waals surface area contributed by atoms with Crippen molar-refractivity contribution in [3.8, 4) is 0 Å². The summed E-state index contributed by atoms with van der Waals surface area (Å²) in [5.41, 5.74) is 0.710. The molecular formula is C14H12ClNOS2. The second kappa shape index (κ2) is 6.89. The molecule has 0 fully saturated rings. The Hall–Kier alpha value is -1.10. The van der Waals surface area contributed by atoms with Crippen molar-refractivity contribution in [2.45, 2.75) is 9.79 Å². The molecule has 5 heteroatoms. The number of thioether (sulfide) groups is 1. The van der Waals surface area contributed by atoms with Crippen LogP contribution in [-0.4, -0.2) is 11.5 Å². The summed E-state index contributed by atoms with van der Waals surface area (Å²) in [5, 5.41) is 3.29. The number of anilines is 1. The van der Waals surface area contributed by atoms with Crippen LogP contribution in [0, 0.1) is 0 Å². The summed E-state index contributed by atoms with van der Waals surface area (Å²) < 4.78 is 0. The van der Waals surface area contributed by atoms with Gasteiger partial charge in [-0.3, -0.25) is 4.79 Å². The van der Waals surface area contributed by atoms with Gasteiger partial charge in [-0.05, 0) is 36.6 Å². The van der Waals surface area contributed by atoms with Crippen molar-refractivity contribution in [1.29, 1.82) is 0 Å². The number of hydrogen-bond acceptors (Lipinski definition) is 3. The Morgan fingerprint density at radius 2 is 1.89 bits per heavy atom. The maximum atomic E-state index is 11.3. The molecule has 1 amide bonds. The van der Waals surface area contributed by atoms with Gasteiger partial charge in [-0.2, -0.15) is 0 Å². The van der Waals surface area contributed by atoms with Gasteiger partial charge < -0.3 is 5.32 Å². The first-order chi connectivity index (χ1) is 9.19. The zero-order valence-electron chi connectivity index (χ0n) is 10.2. The maximum absolute atomic E-state index is 11.3. The smallest absolute Gasteiger partial charge is 0.283 e. The van der Waals surface area contributed by atoms with Gasteiger partial charge in [-0.15, -0.1) is 0 Å². The van der Waals surface area contributed by atoms with Gasteiger partial charge in [0.15, 0.2) is 0 Å². The number of rotatable bonds is 3. The lowest BCUT2D eigenvalue weighted by molar-refractivity contribution is 0.270. The van der Waals surface area contributed by atoms with Gasteiger partial charge in [0, 0.05) is 15.5 Å². The topological polar surface area (TPSA) is 29.1 Å². The van der Waals surface area contributed by atoms with Gasteiger partial charge >= 0.3 is 0 Å². The number of nitrogens with one attached hydrogen (secondary N) is 1. The first-order valence-electron chi connectivity index (χ1n) is 5.56. The predicted molar refractivity (Wildman–Crippen MR) is 84.6 cm³/mol. The van der Waals surface area contributed by atoms with E-state index in [-0.39, 0.29) is 5.24 Å². The first-order valence-corrected chi connectivity index (χ1v) is 7.98. The fourth-order valence-electron chi connectivity index (χ4n) is 1.45. The fraction of sp³-hybridized carbons (Fsp3) is 0.0714. The molecule has 0 bridgehead atoms. The van der Waals surface area contributed by atoms with Crippen molar-refractivity contribution < 1.29 is 4.79 Å². The summed E-state index contributed by atoms with van der Waals surface area (Å²) >= 11 is 8.96. The largest absolute Gasteiger partial charge is 0.317 e. The van der Waals surface area contributed by atoms with E-state index in [9.17, 15) is 4.79 Å². The molecule has 0 aliphatic heterocycles. The highest BCUT2D eigenvalue weighted by Gasteiger charge is 2.06. The van der Waals surface area contributed by atoms with E-state index in [1.165, 1.54) is 0 Å². The maximum Gasteiger partial charge on any atom is 0.283 e. The van der Waals surface area contributed by atoms with Crippen molar-refractivity contribution in [2.24, 2.45) is 0 Å². The fourth-order valence-corrected chi connectivity index (χ4v) is 2.80. The van der Waals surface area contributed by atoms with Crippen LogP contribution in [0.5, 0.6) is 0 Å². The minimum atomic E-state index is -0.0977. The molecule has 0 saturated heterocycles. The summed E-state index contributed by atoms with van der Waals surface area (Å²) in [7, 11) is 0. The standard InChI is InChI=1S/C14H12ClNOS2/c1-18-14(17)16-10-7-8-13(12(15)9-10)19-11-5-3-2-4-6-11/h2-9H,1H3,(H,16,17). The van der Waals surface area contributed by atoms with Gasteiger partial charge in [0.05, 0.1) is 5.02 Å². The molecule has 1 N–H and O–H groups in total. The first kappa shape index (κ1) is 14.3. The molecule has 0 atom stereocenters. The third-order valence-electron chi connectivity index (χ3n) is 2.33. The van der Waals surface area contributed by atoms with Gasteiger partial charge in [0.25, 0.3) is 5.24 Å². The number of halogens is 1. The van der Waals surface area contributed by atoms with E-state index in [1.54, 1.807) is 24.1 Å². The van der Waals surface area contributed by atoms with Gasteiger partial charge in [0.2, 0.25) is 0 Å². The Kier molecular flexibility index (Phi) is 5.19. The summed E-state index contributed by atoms with van der Waals surface area (Å²) in [4.78, 5) is 13.4. The van der Waals surface area contributed by atoms with Crippen LogP contribution in [0.2, 0.25) is 5.02 Å². The lowest BCUT2D eigenvalue weighted by Crippen LogP contribution is -2.03. The van der Waals surface area contributed by atoms with Gasteiger partial charge in [-0.1, -0.05) is 53.3 Å². The molecule has 19 heavy (non-hydrogen) atoms.